The molecule has 5 rings (SSSR count). The Labute approximate surface area is 174 Å². The van der Waals surface area contributed by atoms with E-state index in [1.807, 2.05) is 48.8 Å². The molecule has 1 aliphatic heterocycles. The Morgan fingerprint density at radius 2 is 1.87 bits per heavy atom. The van der Waals surface area contributed by atoms with Gasteiger partial charge in [-0.15, -0.1) is 0 Å². The molecule has 0 atom stereocenters. The van der Waals surface area contributed by atoms with Crippen molar-refractivity contribution in [3.8, 4) is 11.3 Å². The predicted molar refractivity (Wildman–Crippen MR) is 118 cm³/mol. The van der Waals surface area contributed by atoms with Gasteiger partial charge >= 0.3 is 5.63 Å². The molecule has 0 aliphatic carbocycles. The van der Waals surface area contributed by atoms with Gasteiger partial charge in [-0.2, -0.15) is 0 Å². The zero-order chi connectivity index (χ0) is 21.0. The van der Waals surface area contributed by atoms with Gasteiger partial charge in [0.15, 0.2) is 5.65 Å². The molecule has 154 valence electrons. The first-order valence-corrected chi connectivity index (χ1v) is 10.2. The zero-order valence-corrected chi connectivity index (χ0v) is 17.5. The lowest BCUT2D eigenvalue weighted by molar-refractivity contribution is 0.364. The van der Waals surface area contributed by atoms with E-state index >= 15 is 0 Å². The third-order valence-corrected chi connectivity index (χ3v) is 5.99. The van der Waals surface area contributed by atoms with Crippen LogP contribution in [0.2, 0.25) is 0 Å². The fourth-order valence-corrected chi connectivity index (χ4v) is 4.19. The summed E-state index contributed by atoms with van der Waals surface area (Å²) < 4.78 is 7.60. The molecule has 0 spiro atoms. The van der Waals surface area contributed by atoms with Crippen molar-refractivity contribution in [2.75, 3.05) is 18.0 Å². The van der Waals surface area contributed by atoms with Crippen molar-refractivity contribution in [3.63, 3.8) is 0 Å². The number of imidazole rings is 1. The van der Waals surface area contributed by atoms with E-state index < -0.39 is 5.63 Å². The smallest absolute Gasteiger partial charge is 0.345 e. The summed E-state index contributed by atoms with van der Waals surface area (Å²) in [5.41, 5.74) is 10.9. The Morgan fingerprint density at radius 1 is 1.10 bits per heavy atom. The number of anilines is 1. The summed E-state index contributed by atoms with van der Waals surface area (Å²) in [6.07, 6.45) is 5.63. The molecule has 0 unspecified atom stereocenters. The quantitative estimate of drug-likeness (QED) is 0.516. The van der Waals surface area contributed by atoms with E-state index in [0.717, 1.165) is 54.0 Å². The molecule has 4 aromatic rings. The molecule has 1 saturated heterocycles. The number of nitrogens with two attached hydrogens (primary N) is 1. The number of aromatic nitrogens is 3. The van der Waals surface area contributed by atoms with Crippen molar-refractivity contribution in [2.45, 2.75) is 39.2 Å². The first kappa shape index (κ1) is 18.8. The Bertz CT molecular complexity index is 1320. The van der Waals surface area contributed by atoms with Crippen LogP contribution in [0.5, 0.6) is 0 Å². The summed E-state index contributed by atoms with van der Waals surface area (Å²) >= 11 is 0. The van der Waals surface area contributed by atoms with Crippen molar-refractivity contribution in [2.24, 2.45) is 5.73 Å². The Morgan fingerprint density at radius 3 is 2.63 bits per heavy atom. The highest BCUT2D eigenvalue weighted by Crippen LogP contribution is 2.28. The minimum Gasteiger partial charge on any atom is -0.422 e. The van der Waals surface area contributed by atoms with Crippen molar-refractivity contribution >= 4 is 22.3 Å². The number of nitrogens with zero attached hydrogens (tertiary/aromatic N) is 4. The maximum absolute atomic E-state index is 12.8. The molecule has 4 heterocycles. The maximum atomic E-state index is 12.8. The van der Waals surface area contributed by atoms with Gasteiger partial charge in [0, 0.05) is 48.2 Å². The first-order chi connectivity index (χ1) is 14.3. The van der Waals surface area contributed by atoms with Crippen LogP contribution >= 0.6 is 0 Å². The molecule has 0 amide bonds. The van der Waals surface area contributed by atoms with Crippen LogP contribution in [0.15, 0.2) is 45.9 Å². The van der Waals surface area contributed by atoms with Crippen LogP contribution in [-0.2, 0) is 0 Å². The summed E-state index contributed by atoms with van der Waals surface area (Å²) in [4.78, 5) is 24.1. The zero-order valence-electron chi connectivity index (χ0n) is 17.5. The van der Waals surface area contributed by atoms with Crippen molar-refractivity contribution in [3.05, 3.63) is 58.5 Å². The summed E-state index contributed by atoms with van der Waals surface area (Å²) in [6, 6.07) is 7.88. The Kier molecular flexibility index (Phi) is 4.18. The summed E-state index contributed by atoms with van der Waals surface area (Å²) in [5.74, 6) is 0. The van der Waals surface area contributed by atoms with Crippen LogP contribution in [0.1, 0.15) is 31.2 Å². The van der Waals surface area contributed by atoms with Crippen LogP contribution < -0.4 is 16.3 Å². The lowest BCUT2D eigenvalue weighted by atomic mass is 9.91. The average molecular weight is 403 g/mol. The lowest BCUT2D eigenvalue weighted by Gasteiger charge is -2.38. The maximum Gasteiger partial charge on any atom is 0.345 e. The second kappa shape index (κ2) is 6.67. The van der Waals surface area contributed by atoms with Gasteiger partial charge in [-0.1, -0.05) is 0 Å². The van der Waals surface area contributed by atoms with Gasteiger partial charge in [-0.3, -0.25) is 4.98 Å². The third kappa shape index (κ3) is 3.25. The normalized spacial score (nSPS) is 16.5. The van der Waals surface area contributed by atoms with Crippen LogP contribution in [0.3, 0.4) is 0 Å². The third-order valence-electron chi connectivity index (χ3n) is 5.99. The van der Waals surface area contributed by atoms with E-state index in [0.29, 0.717) is 16.8 Å². The Balaban J connectivity index is 1.53. The minimum atomic E-state index is -0.390. The van der Waals surface area contributed by atoms with Gasteiger partial charge in [0.25, 0.3) is 0 Å². The number of fused-ring (bicyclic) bond motifs is 2. The molecule has 1 aliphatic rings. The highest BCUT2D eigenvalue weighted by Gasteiger charge is 2.26. The second-order valence-electron chi connectivity index (χ2n) is 8.64. The van der Waals surface area contributed by atoms with E-state index in [2.05, 4.69) is 27.9 Å². The van der Waals surface area contributed by atoms with Gasteiger partial charge in [0.2, 0.25) is 0 Å². The van der Waals surface area contributed by atoms with Gasteiger partial charge in [0.1, 0.15) is 5.58 Å². The van der Waals surface area contributed by atoms with Crippen molar-refractivity contribution < 1.29 is 4.42 Å². The van der Waals surface area contributed by atoms with E-state index in [9.17, 15) is 4.79 Å². The predicted octanol–water partition coefficient (Wildman–Crippen LogP) is 3.44. The molecule has 1 aromatic carbocycles. The number of benzene rings is 1. The molecule has 7 heteroatoms. The van der Waals surface area contributed by atoms with Crippen LogP contribution in [0.25, 0.3) is 27.9 Å². The molecule has 0 radical (unpaired) electrons. The van der Waals surface area contributed by atoms with Crippen LogP contribution in [-0.4, -0.2) is 33.0 Å². The minimum absolute atomic E-state index is 0.102. The second-order valence-corrected chi connectivity index (χ2v) is 8.64. The topological polar surface area (TPSA) is 89.7 Å². The van der Waals surface area contributed by atoms with Gasteiger partial charge in [0.05, 0.1) is 22.6 Å². The number of rotatable bonds is 2. The van der Waals surface area contributed by atoms with Crippen LogP contribution in [0.4, 0.5) is 5.69 Å². The fraction of sp³-hybridized carbons (Fsp3) is 0.348. The number of hydrogen-bond acceptors (Lipinski definition) is 6. The van der Waals surface area contributed by atoms with Gasteiger partial charge in [-0.25, -0.2) is 9.78 Å². The van der Waals surface area contributed by atoms with E-state index in [1.54, 1.807) is 0 Å². The highest BCUT2D eigenvalue weighted by molar-refractivity contribution is 5.84. The number of hydrogen-bond donors (Lipinski definition) is 1. The molecule has 7 nitrogen and oxygen atoms in total. The molecule has 30 heavy (non-hydrogen) atoms. The molecule has 0 saturated carbocycles. The lowest BCUT2D eigenvalue weighted by Crippen LogP contribution is -2.48. The average Bonchev–Trinajstić information content (AvgIpc) is 3.11. The SMILES string of the molecule is Cc1cn2cc(-c3cc4ccc(N5CCC(C)(N)CC5)cc4oc3=O)nc2c(C)n1. The fourth-order valence-electron chi connectivity index (χ4n) is 4.19. The molecule has 2 N–H and O–H groups in total. The molecular weight excluding hydrogens is 378 g/mol. The first-order valence-electron chi connectivity index (χ1n) is 10.2. The monoisotopic (exact) mass is 403 g/mol. The largest absolute Gasteiger partial charge is 0.422 e. The molecular formula is C23H25N5O2. The standard InChI is InChI=1S/C23H25N5O2/c1-14-12-28-13-19(26-21(28)15(2)25-14)18-10-16-4-5-17(11-20(16)30-22(18)29)27-8-6-23(3,24)7-9-27/h4-5,10-13H,6-9,24H2,1-3H3. The van der Waals surface area contributed by atoms with Crippen molar-refractivity contribution in [1.82, 2.24) is 14.4 Å². The summed E-state index contributed by atoms with van der Waals surface area (Å²) in [6.45, 7) is 7.75. The number of aryl methyl sites for hydroxylation is 2. The van der Waals surface area contributed by atoms with E-state index in [4.69, 9.17) is 10.2 Å². The van der Waals surface area contributed by atoms with Crippen LogP contribution in [0, 0.1) is 13.8 Å². The molecule has 3 aromatic heterocycles. The van der Waals surface area contributed by atoms with E-state index in [1.165, 1.54) is 0 Å². The van der Waals surface area contributed by atoms with Gasteiger partial charge in [-0.05, 0) is 51.8 Å². The number of piperidine rings is 1. The highest BCUT2D eigenvalue weighted by atomic mass is 16.4. The summed E-state index contributed by atoms with van der Waals surface area (Å²) in [5, 5.41) is 0.872. The van der Waals surface area contributed by atoms with Crippen molar-refractivity contribution in [1.29, 1.82) is 0 Å². The summed E-state index contributed by atoms with van der Waals surface area (Å²) in [7, 11) is 0. The molecule has 1 fully saturated rings. The molecule has 0 bridgehead atoms. The van der Waals surface area contributed by atoms with E-state index in [-0.39, 0.29) is 5.54 Å². The Hall–Kier alpha value is -3.19. The van der Waals surface area contributed by atoms with Gasteiger partial charge < -0.3 is 19.5 Å².